The number of aliphatic hydroxyl groups is 1. The summed E-state index contributed by atoms with van der Waals surface area (Å²) in [6.45, 7) is 5.57. The van der Waals surface area contributed by atoms with Gasteiger partial charge in [0.05, 0.1) is 6.61 Å². The first-order chi connectivity index (χ1) is 7.60. The Kier molecular flexibility index (Phi) is 9.18. The van der Waals surface area contributed by atoms with Crippen LogP contribution in [0.3, 0.4) is 0 Å². The van der Waals surface area contributed by atoms with Crippen molar-refractivity contribution < 1.29 is 24.1 Å². The van der Waals surface area contributed by atoms with Crippen molar-refractivity contribution in [2.75, 3.05) is 13.2 Å². The molecule has 0 spiro atoms. The third kappa shape index (κ3) is 8.64. The highest BCUT2D eigenvalue weighted by molar-refractivity contribution is 5.70. The molecule has 0 aromatic heterocycles. The maximum atomic E-state index is 10.9. The quantitative estimate of drug-likeness (QED) is 0.483. The molecule has 0 amide bonds. The SMILES string of the molecule is CCCCC(O)OC(C)OCC(=O)OCC. The first-order valence-electron chi connectivity index (χ1n) is 5.70. The van der Waals surface area contributed by atoms with Crippen molar-refractivity contribution in [3.05, 3.63) is 0 Å². The topological polar surface area (TPSA) is 65.0 Å². The number of aliphatic hydroxyl groups excluding tert-OH is 1. The summed E-state index contributed by atoms with van der Waals surface area (Å²) in [4.78, 5) is 10.9. The summed E-state index contributed by atoms with van der Waals surface area (Å²) < 4.78 is 14.8. The van der Waals surface area contributed by atoms with Crippen LogP contribution in [0.15, 0.2) is 0 Å². The van der Waals surface area contributed by atoms with Crippen LogP contribution in [0.25, 0.3) is 0 Å². The summed E-state index contributed by atoms with van der Waals surface area (Å²) >= 11 is 0. The van der Waals surface area contributed by atoms with Gasteiger partial charge in [-0.1, -0.05) is 13.3 Å². The van der Waals surface area contributed by atoms with Gasteiger partial charge in [0.25, 0.3) is 0 Å². The van der Waals surface area contributed by atoms with Crippen LogP contribution >= 0.6 is 0 Å². The molecule has 0 aliphatic carbocycles. The molecular formula is C11H22O5. The molecule has 0 fully saturated rings. The summed E-state index contributed by atoms with van der Waals surface area (Å²) in [5.74, 6) is -0.430. The lowest BCUT2D eigenvalue weighted by Gasteiger charge is -2.17. The van der Waals surface area contributed by atoms with Crippen LogP contribution in [-0.2, 0) is 19.0 Å². The number of carbonyl (C=O) groups excluding carboxylic acids is 1. The van der Waals surface area contributed by atoms with E-state index in [0.29, 0.717) is 13.0 Å². The second kappa shape index (κ2) is 9.57. The van der Waals surface area contributed by atoms with E-state index in [4.69, 9.17) is 9.47 Å². The first kappa shape index (κ1) is 15.3. The van der Waals surface area contributed by atoms with Gasteiger partial charge in [0.15, 0.2) is 12.6 Å². The minimum atomic E-state index is -0.836. The summed E-state index contributed by atoms with van der Waals surface area (Å²) in [6, 6.07) is 0. The van der Waals surface area contributed by atoms with Crippen molar-refractivity contribution >= 4 is 5.97 Å². The van der Waals surface area contributed by atoms with Crippen molar-refractivity contribution in [3.8, 4) is 0 Å². The Morgan fingerprint density at radius 2 is 2.06 bits per heavy atom. The Bertz CT molecular complexity index is 183. The van der Waals surface area contributed by atoms with Crippen LogP contribution in [0.2, 0.25) is 0 Å². The van der Waals surface area contributed by atoms with Gasteiger partial charge in [-0.05, 0) is 26.7 Å². The van der Waals surface area contributed by atoms with Crippen molar-refractivity contribution in [2.24, 2.45) is 0 Å². The predicted octanol–water partition coefficient (Wildman–Crippen LogP) is 1.44. The van der Waals surface area contributed by atoms with Gasteiger partial charge >= 0.3 is 5.97 Å². The highest BCUT2D eigenvalue weighted by Gasteiger charge is 2.12. The zero-order valence-electron chi connectivity index (χ0n) is 10.3. The maximum absolute atomic E-state index is 10.9. The number of unbranched alkanes of at least 4 members (excludes halogenated alkanes) is 1. The number of hydrogen-bond donors (Lipinski definition) is 1. The summed E-state index contributed by atoms with van der Waals surface area (Å²) in [7, 11) is 0. The van der Waals surface area contributed by atoms with E-state index in [1.54, 1.807) is 13.8 Å². The highest BCUT2D eigenvalue weighted by atomic mass is 16.7. The fourth-order valence-electron chi connectivity index (χ4n) is 1.10. The van der Waals surface area contributed by atoms with E-state index in [-0.39, 0.29) is 6.61 Å². The van der Waals surface area contributed by atoms with E-state index in [2.05, 4.69) is 4.74 Å². The van der Waals surface area contributed by atoms with E-state index in [1.807, 2.05) is 6.92 Å². The molecule has 5 heteroatoms. The molecule has 5 nitrogen and oxygen atoms in total. The molecule has 2 unspecified atom stereocenters. The molecule has 0 saturated carbocycles. The number of carbonyl (C=O) groups is 1. The van der Waals surface area contributed by atoms with Gasteiger partial charge in [-0.25, -0.2) is 4.79 Å². The third-order valence-electron chi connectivity index (χ3n) is 1.89. The lowest BCUT2D eigenvalue weighted by molar-refractivity contribution is -0.225. The monoisotopic (exact) mass is 234 g/mol. The van der Waals surface area contributed by atoms with Crippen molar-refractivity contribution in [1.29, 1.82) is 0 Å². The van der Waals surface area contributed by atoms with Crippen LogP contribution < -0.4 is 0 Å². The molecular weight excluding hydrogens is 212 g/mol. The van der Waals surface area contributed by atoms with Crippen LogP contribution in [-0.4, -0.2) is 36.9 Å². The molecule has 0 rings (SSSR count). The lowest BCUT2D eigenvalue weighted by atomic mass is 10.2. The third-order valence-corrected chi connectivity index (χ3v) is 1.89. The summed E-state index contributed by atoms with van der Waals surface area (Å²) in [5, 5.41) is 9.40. The molecule has 0 radical (unpaired) electrons. The second-order valence-electron chi connectivity index (χ2n) is 3.42. The molecule has 16 heavy (non-hydrogen) atoms. The number of rotatable bonds is 9. The van der Waals surface area contributed by atoms with E-state index in [9.17, 15) is 9.90 Å². The van der Waals surface area contributed by atoms with Gasteiger partial charge < -0.3 is 19.3 Å². The summed E-state index contributed by atoms with van der Waals surface area (Å²) in [6.07, 6.45) is 1.02. The van der Waals surface area contributed by atoms with Crippen molar-refractivity contribution in [3.63, 3.8) is 0 Å². The second-order valence-corrected chi connectivity index (χ2v) is 3.42. The number of hydrogen-bond acceptors (Lipinski definition) is 5. The van der Waals surface area contributed by atoms with Crippen LogP contribution in [0.4, 0.5) is 0 Å². The first-order valence-corrected chi connectivity index (χ1v) is 5.70. The Morgan fingerprint density at radius 1 is 1.38 bits per heavy atom. The average molecular weight is 234 g/mol. The fraction of sp³-hybridized carbons (Fsp3) is 0.909. The molecule has 96 valence electrons. The van der Waals surface area contributed by atoms with Gasteiger partial charge in [0.1, 0.15) is 6.61 Å². The van der Waals surface area contributed by atoms with E-state index in [1.165, 1.54) is 0 Å². The predicted molar refractivity (Wildman–Crippen MR) is 58.7 cm³/mol. The van der Waals surface area contributed by atoms with Crippen LogP contribution in [0, 0.1) is 0 Å². The molecule has 0 aromatic carbocycles. The van der Waals surface area contributed by atoms with E-state index < -0.39 is 18.5 Å². The van der Waals surface area contributed by atoms with Gasteiger partial charge in [0.2, 0.25) is 0 Å². The maximum Gasteiger partial charge on any atom is 0.332 e. The minimum Gasteiger partial charge on any atom is -0.464 e. The molecule has 0 aliphatic heterocycles. The highest BCUT2D eigenvalue weighted by Crippen LogP contribution is 2.05. The molecule has 0 heterocycles. The normalized spacial score (nSPS) is 14.5. The molecule has 0 bridgehead atoms. The van der Waals surface area contributed by atoms with Crippen molar-refractivity contribution in [1.82, 2.24) is 0 Å². The van der Waals surface area contributed by atoms with Crippen molar-refractivity contribution in [2.45, 2.75) is 52.6 Å². The Labute approximate surface area is 96.7 Å². The van der Waals surface area contributed by atoms with Crippen LogP contribution in [0.1, 0.15) is 40.0 Å². The Hall–Kier alpha value is -0.650. The molecule has 0 aliphatic rings. The fourth-order valence-corrected chi connectivity index (χ4v) is 1.10. The smallest absolute Gasteiger partial charge is 0.332 e. The van der Waals surface area contributed by atoms with Gasteiger partial charge in [0, 0.05) is 0 Å². The average Bonchev–Trinajstić information content (AvgIpc) is 2.24. The minimum absolute atomic E-state index is 0.157. The molecule has 1 N–H and O–H groups in total. The van der Waals surface area contributed by atoms with Gasteiger partial charge in [-0.3, -0.25) is 0 Å². The number of esters is 1. The zero-order chi connectivity index (χ0) is 12.4. The Balaban J connectivity index is 3.56. The zero-order valence-corrected chi connectivity index (χ0v) is 10.3. The molecule has 0 aromatic rings. The molecule has 2 atom stereocenters. The summed E-state index contributed by atoms with van der Waals surface area (Å²) in [5.41, 5.74) is 0. The lowest BCUT2D eigenvalue weighted by Crippen LogP contribution is -2.25. The van der Waals surface area contributed by atoms with E-state index >= 15 is 0 Å². The largest absolute Gasteiger partial charge is 0.464 e. The van der Waals surface area contributed by atoms with E-state index in [0.717, 1.165) is 12.8 Å². The Morgan fingerprint density at radius 3 is 2.62 bits per heavy atom. The standard InChI is InChI=1S/C11H22O5/c1-4-6-7-10(12)16-9(3)15-8-11(13)14-5-2/h9-10,12H,4-8H2,1-3H3. The van der Waals surface area contributed by atoms with Crippen LogP contribution in [0.5, 0.6) is 0 Å². The number of ether oxygens (including phenoxy) is 3. The van der Waals surface area contributed by atoms with Gasteiger partial charge in [-0.2, -0.15) is 0 Å². The van der Waals surface area contributed by atoms with Gasteiger partial charge in [-0.15, -0.1) is 0 Å². The molecule has 0 saturated heterocycles.